The van der Waals surface area contributed by atoms with E-state index in [0.29, 0.717) is 22.7 Å². The molecule has 0 aliphatic carbocycles. The minimum atomic E-state index is -0.444. The van der Waals surface area contributed by atoms with E-state index in [1.807, 2.05) is 47.8 Å². The molecule has 4 aromatic rings. The third-order valence-corrected chi connectivity index (χ3v) is 7.03. The summed E-state index contributed by atoms with van der Waals surface area (Å²) in [6.07, 6.45) is 1.64. The molecule has 4 rings (SSSR count). The number of hydrogen-bond donors (Lipinski definition) is 3. The topological polar surface area (TPSA) is 96.5 Å². The number of rotatable bonds is 10. The maximum absolute atomic E-state index is 13.1. The summed E-state index contributed by atoms with van der Waals surface area (Å²) in [6, 6.07) is 26.8. The number of carbonyl (C=O) groups is 3. The molecule has 0 atom stereocenters. The van der Waals surface area contributed by atoms with Crippen molar-refractivity contribution in [3.8, 4) is 5.75 Å². The van der Waals surface area contributed by atoms with Gasteiger partial charge in [-0.05, 0) is 66.1 Å². The highest BCUT2D eigenvalue weighted by Crippen LogP contribution is 2.22. The molecular weight excluding hydrogens is 518 g/mol. The predicted octanol–water partition coefficient (Wildman–Crippen LogP) is 5.90. The van der Waals surface area contributed by atoms with Crippen molar-refractivity contribution in [1.29, 1.82) is 0 Å². The Hall–Kier alpha value is -4.34. The first-order chi connectivity index (χ1) is 18.5. The van der Waals surface area contributed by atoms with Crippen LogP contribution < -0.4 is 20.7 Å². The Balaban J connectivity index is 1.35. The van der Waals surface area contributed by atoms with E-state index in [1.54, 1.807) is 61.7 Å². The number of amides is 3. The molecule has 3 N–H and O–H groups in total. The molecule has 0 fully saturated rings. The monoisotopic (exact) mass is 543 g/mol. The van der Waals surface area contributed by atoms with Crippen molar-refractivity contribution in [2.45, 2.75) is 4.90 Å². The fraction of sp³-hybridized carbons (Fsp3) is 0.0690. The van der Waals surface area contributed by atoms with Gasteiger partial charge < -0.3 is 20.7 Å². The quantitative estimate of drug-likeness (QED) is 0.171. The summed E-state index contributed by atoms with van der Waals surface area (Å²) >= 11 is 2.84. The van der Waals surface area contributed by atoms with Crippen LogP contribution >= 0.6 is 23.1 Å². The summed E-state index contributed by atoms with van der Waals surface area (Å²) in [4.78, 5) is 39.8. The highest BCUT2D eigenvalue weighted by Gasteiger charge is 2.15. The second kappa shape index (κ2) is 13.3. The van der Waals surface area contributed by atoms with Crippen molar-refractivity contribution in [2.24, 2.45) is 0 Å². The maximum Gasteiger partial charge on any atom is 0.272 e. The zero-order chi connectivity index (χ0) is 26.7. The average molecular weight is 544 g/mol. The fourth-order valence-electron chi connectivity index (χ4n) is 3.34. The van der Waals surface area contributed by atoms with E-state index in [0.717, 1.165) is 9.77 Å². The van der Waals surface area contributed by atoms with Gasteiger partial charge in [0.15, 0.2) is 0 Å². The van der Waals surface area contributed by atoms with Gasteiger partial charge in [-0.3, -0.25) is 14.4 Å². The molecule has 1 heterocycles. The second-order valence-corrected chi connectivity index (χ2v) is 9.97. The molecule has 0 spiro atoms. The lowest BCUT2D eigenvalue weighted by atomic mass is 10.2. The van der Waals surface area contributed by atoms with Gasteiger partial charge in [-0.25, -0.2) is 0 Å². The number of hydrogen-bond acceptors (Lipinski definition) is 6. The lowest BCUT2D eigenvalue weighted by Gasteiger charge is -2.11. The Morgan fingerprint density at radius 2 is 1.66 bits per heavy atom. The van der Waals surface area contributed by atoms with Crippen LogP contribution in [0.1, 0.15) is 15.2 Å². The smallest absolute Gasteiger partial charge is 0.272 e. The molecule has 0 saturated heterocycles. The summed E-state index contributed by atoms with van der Waals surface area (Å²) in [7, 11) is 1.57. The lowest BCUT2D eigenvalue weighted by Crippen LogP contribution is -2.30. The van der Waals surface area contributed by atoms with Crippen molar-refractivity contribution >= 4 is 58.3 Å². The fourth-order valence-corrected chi connectivity index (χ4v) is 4.69. The third kappa shape index (κ3) is 7.83. The molecule has 3 aromatic carbocycles. The molecule has 0 saturated carbocycles. The largest absolute Gasteiger partial charge is 0.497 e. The van der Waals surface area contributed by atoms with Crippen LogP contribution in [0.25, 0.3) is 6.08 Å². The predicted molar refractivity (Wildman–Crippen MR) is 154 cm³/mol. The summed E-state index contributed by atoms with van der Waals surface area (Å²) < 4.78 is 5.17. The molecule has 0 aliphatic rings. The van der Waals surface area contributed by atoms with Crippen molar-refractivity contribution < 1.29 is 19.1 Å². The number of carbonyl (C=O) groups excluding carboxylic acids is 3. The van der Waals surface area contributed by atoms with Crippen molar-refractivity contribution in [2.75, 3.05) is 23.5 Å². The molecule has 7 nitrogen and oxygen atoms in total. The SMILES string of the molecule is COc1cccc(NC(=O)CSc2ccc(NC(=O)/C(=C/c3cccs3)NC(=O)c3ccccc3)cc2)c1. The van der Waals surface area contributed by atoms with Crippen LogP contribution in [-0.4, -0.2) is 30.6 Å². The third-order valence-electron chi connectivity index (χ3n) is 5.19. The van der Waals surface area contributed by atoms with Gasteiger partial charge in [0.05, 0.1) is 12.9 Å². The molecule has 192 valence electrons. The normalized spacial score (nSPS) is 10.9. The van der Waals surface area contributed by atoms with E-state index < -0.39 is 5.91 Å². The van der Waals surface area contributed by atoms with Crippen LogP contribution in [0.2, 0.25) is 0 Å². The van der Waals surface area contributed by atoms with Crippen LogP contribution in [0.5, 0.6) is 5.75 Å². The Labute approximate surface area is 228 Å². The number of ether oxygens (including phenoxy) is 1. The van der Waals surface area contributed by atoms with Crippen LogP contribution in [0.4, 0.5) is 11.4 Å². The molecule has 3 amide bonds. The molecule has 9 heteroatoms. The standard InChI is InChI=1S/C29H25N3O4S2/c1-36-23-10-5-9-22(17-23)30-27(33)19-38-24-14-12-21(13-15-24)31-29(35)26(18-25-11-6-16-37-25)32-28(34)20-7-3-2-4-8-20/h2-18H,19H2,1H3,(H,30,33)(H,31,35)(H,32,34)/b26-18-. The first-order valence-electron chi connectivity index (χ1n) is 11.6. The number of thiophene rings is 1. The van der Waals surface area contributed by atoms with Gasteiger partial charge in [-0.2, -0.15) is 0 Å². The first kappa shape index (κ1) is 26.7. The van der Waals surface area contributed by atoms with Crippen LogP contribution in [0.3, 0.4) is 0 Å². The Bertz CT molecular complexity index is 1420. The number of methoxy groups -OCH3 is 1. The summed E-state index contributed by atoms with van der Waals surface area (Å²) in [5.41, 5.74) is 1.81. The van der Waals surface area contributed by atoms with Crippen molar-refractivity contribution in [3.63, 3.8) is 0 Å². The van der Waals surface area contributed by atoms with Gasteiger partial charge in [-0.1, -0.05) is 30.3 Å². The van der Waals surface area contributed by atoms with E-state index in [4.69, 9.17) is 4.74 Å². The van der Waals surface area contributed by atoms with Crippen LogP contribution in [0.15, 0.2) is 107 Å². The Morgan fingerprint density at radius 3 is 2.37 bits per heavy atom. The van der Waals surface area contributed by atoms with Gasteiger partial charge in [0, 0.05) is 32.8 Å². The average Bonchev–Trinajstić information content (AvgIpc) is 3.46. The molecule has 0 radical (unpaired) electrons. The van der Waals surface area contributed by atoms with E-state index >= 15 is 0 Å². The first-order valence-corrected chi connectivity index (χ1v) is 13.5. The Kier molecular flexibility index (Phi) is 9.33. The van der Waals surface area contributed by atoms with Crippen LogP contribution in [-0.2, 0) is 9.59 Å². The molecule has 38 heavy (non-hydrogen) atoms. The van der Waals surface area contributed by atoms with Gasteiger partial charge in [0.25, 0.3) is 11.8 Å². The summed E-state index contributed by atoms with van der Waals surface area (Å²) in [6.45, 7) is 0. The van der Waals surface area contributed by atoms with Gasteiger partial charge in [0.1, 0.15) is 11.4 Å². The number of benzene rings is 3. The maximum atomic E-state index is 13.1. The zero-order valence-electron chi connectivity index (χ0n) is 20.5. The van der Waals surface area contributed by atoms with Crippen LogP contribution in [0, 0.1) is 0 Å². The lowest BCUT2D eigenvalue weighted by molar-refractivity contribution is -0.114. The van der Waals surface area contributed by atoms with Crippen molar-refractivity contribution in [3.05, 3.63) is 113 Å². The van der Waals surface area contributed by atoms with E-state index in [9.17, 15) is 14.4 Å². The number of nitrogens with one attached hydrogen (secondary N) is 3. The zero-order valence-corrected chi connectivity index (χ0v) is 22.1. The Morgan fingerprint density at radius 1 is 0.868 bits per heavy atom. The number of thioether (sulfide) groups is 1. The molecule has 0 bridgehead atoms. The highest BCUT2D eigenvalue weighted by molar-refractivity contribution is 8.00. The molecule has 1 aromatic heterocycles. The molecule has 0 unspecified atom stereocenters. The summed E-state index contributed by atoms with van der Waals surface area (Å²) in [5, 5.41) is 10.3. The molecular formula is C29H25N3O4S2. The summed E-state index contributed by atoms with van der Waals surface area (Å²) in [5.74, 6) is -0.0650. The van der Waals surface area contributed by atoms with Gasteiger partial charge in [0.2, 0.25) is 5.91 Å². The van der Waals surface area contributed by atoms with E-state index in [1.165, 1.54) is 23.1 Å². The van der Waals surface area contributed by atoms with E-state index in [-0.39, 0.29) is 23.3 Å². The minimum Gasteiger partial charge on any atom is -0.497 e. The molecule has 0 aliphatic heterocycles. The minimum absolute atomic E-state index is 0.133. The van der Waals surface area contributed by atoms with Crippen molar-refractivity contribution in [1.82, 2.24) is 5.32 Å². The van der Waals surface area contributed by atoms with Gasteiger partial charge >= 0.3 is 0 Å². The van der Waals surface area contributed by atoms with E-state index in [2.05, 4.69) is 16.0 Å². The second-order valence-electron chi connectivity index (χ2n) is 7.94. The number of anilines is 2. The van der Waals surface area contributed by atoms with Gasteiger partial charge in [-0.15, -0.1) is 23.1 Å². The highest BCUT2D eigenvalue weighted by atomic mass is 32.2.